The third kappa shape index (κ3) is 4.12. The number of rotatable bonds is 6. The smallest absolute Gasteiger partial charge is 0.205 e. The van der Waals surface area contributed by atoms with E-state index in [2.05, 4.69) is 28.1 Å². The van der Waals surface area contributed by atoms with Crippen LogP contribution in [-0.2, 0) is 4.74 Å². The summed E-state index contributed by atoms with van der Waals surface area (Å²) in [5.74, 6) is 1.36. The molecule has 0 amide bonds. The first-order chi connectivity index (χ1) is 9.20. The first kappa shape index (κ1) is 14.7. The number of piperidine rings is 1. The quantitative estimate of drug-likeness (QED) is 0.809. The van der Waals surface area contributed by atoms with Gasteiger partial charge in [-0.1, -0.05) is 13.8 Å². The fourth-order valence-corrected chi connectivity index (χ4v) is 3.00. The Morgan fingerprint density at radius 2 is 2.16 bits per heavy atom. The van der Waals surface area contributed by atoms with Gasteiger partial charge in [0.1, 0.15) is 5.82 Å². The standard InChI is InChI=1S/C13H24N4OS/c1-10(2)12-15-13(19-16-12)17-7-4-11(5-8-17)18-9-3-6-14/h10-11H,3-9,14H2,1-2H3. The Labute approximate surface area is 119 Å². The zero-order valence-electron chi connectivity index (χ0n) is 11.8. The number of hydrogen-bond acceptors (Lipinski definition) is 6. The van der Waals surface area contributed by atoms with Crippen LogP contribution in [0.15, 0.2) is 0 Å². The van der Waals surface area contributed by atoms with Crippen molar-refractivity contribution in [3.8, 4) is 0 Å². The van der Waals surface area contributed by atoms with Gasteiger partial charge in [0.25, 0.3) is 0 Å². The molecule has 1 aliphatic heterocycles. The van der Waals surface area contributed by atoms with E-state index in [1.807, 2.05) is 0 Å². The molecule has 0 saturated carbocycles. The fourth-order valence-electron chi connectivity index (χ4n) is 2.14. The van der Waals surface area contributed by atoms with Crippen molar-refractivity contribution in [1.82, 2.24) is 9.36 Å². The second kappa shape index (κ2) is 7.17. The van der Waals surface area contributed by atoms with Crippen LogP contribution in [0.1, 0.15) is 44.9 Å². The lowest BCUT2D eigenvalue weighted by atomic mass is 10.1. The van der Waals surface area contributed by atoms with Crippen LogP contribution in [-0.4, -0.2) is 41.7 Å². The lowest BCUT2D eigenvalue weighted by Crippen LogP contribution is -2.37. The van der Waals surface area contributed by atoms with Gasteiger partial charge < -0.3 is 15.4 Å². The molecule has 5 nitrogen and oxygen atoms in total. The number of hydrogen-bond donors (Lipinski definition) is 1. The highest BCUT2D eigenvalue weighted by atomic mass is 32.1. The summed E-state index contributed by atoms with van der Waals surface area (Å²) in [6.07, 6.45) is 3.48. The Hall–Kier alpha value is -0.720. The molecule has 1 saturated heterocycles. The molecule has 0 aliphatic carbocycles. The van der Waals surface area contributed by atoms with Crippen molar-refractivity contribution in [2.45, 2.75) is 45.1 Å². The van der Waals surface area contributed by atoms with E-state index < -0.39 is 0 Å². The third-order valence-corrected chi connectivity index (χ3v) is 4.15. The monoisotopic (exact) mass is 284 g/mol. The number of nitrogens with zero attached hydrogens (tertiary/aromatic N) is 3. The van der Waals surface area contributed by atoms with E-state index in [9.17, 15) is 0 Å². The maximum atomic E-state index is 5.81. The second-order valence-corrected chi connectivity index (χ2v) is 6.02. The first-order valence-corrected chi connectivity index (χ1v) is 7.88. The molecule has 1 aromatic rings. The Kier molecular flexibility index (Phi) is 5.54. The predicted molar refractivity (Wildman–Crippen MR) is 78.9 cm³/mol. The summed E-state index contributed by atoms with van der Waals surface area (Å²) in [5.41, 5.74) is 5.47. The van der Waals surface area contributed by atoms with E-state index in [0.717, 1.165) is 49.9 Å². The summed E-state index contributed by atoms with van der Waals surface area (Å²) in [5, 5.41) is 1.06. The Morgan fingerprint density at radius 1 is 1.42 bits per heavy atom. The lowest BCUT2D eigenvalue weighted by Gasteiger charge is -2.31. The molecule has 0 radical (unpaired) electrons. The van der Waals surface area contributed by atoms with Crippen LogP contribution in [0.25, 0.3) is 0 Å². The first-order valence-electron chi connectivity index (χ1n) is 7.11. The van der Waals surface area contributed by atoms with Gasteiger partial charge in [0.05, 0.1) is 6.10 Å². The molecule has 1 aromatic heterocycles. The predicted octanol–water partition coefficient (Wildman–Crippen LogP) is 2.00. The van der Waals surface area contributed by atoms with E-state index >= 15 is 0 Å². The van der Waals surface area contributed by atoms with Crippen LogP contribution in [0.3, 0.4) is 0 Å². The zero-order valence-corrected chi connectivity index (χ0v) is 12.7. The highest BCUT2D eigenvalue weighted by molar-refractivity contribution is 7.09. The van der Waals surface area contributed by atoms with Crippen molar-refractivity contribution in [2.75, 3.05) is 31.1 Å². The van der Waals surface area contributed by atoms with Crippen LogP contribution < -0.4 is 10.6 Å². The van der Waals surface area contributed by atoms with Gasteiger partial charge in [0.2, 0.25) is 5.13 Å². The van der Waals surface area contributed by atoms with Crippen LogP contribution in [0.5, 0.6) is 0 Å². The number of anilines is 1. The Balaban J connectivity index is 1.79. The van der Waals surface area contributed by atoms with Crippen LogP contribution >= 0.6 is 11.5 Å². The molecule has 0 unspecified atom stereocenters. The minimum atomic E-state index is 0.389. The van der Waals surface area contributed by atoms with Gasteiger partial charge in [-0.15, -0.1) is 0 Å². The highest BCUT2D eigenvalue weighted by Gasteiger charge is 2.22. The van der Waals surface area contributed by atoms with Gasteiger partial charge >= 0.3 is 0 Å². The van der Waals surface area contributed by atoms with Crippen LogP contribution in [0.4, 0.5) is 5.13 Å². The molecular weight excluding hydrogens is 260 g/mol. The maximum absolute atomic E-state index is 5.81. The fraction of sp³-hybridized carbons (Fsp3) is 0.846. The Bertz CT molecular complexity index is 374. The summed E-state index contributed by atoms with van der Waals surface area (Å²) in [6, 6.07) is 0. The number of ether oxygens (including phenoxy) is 1. The third-order valence-electron chi connectivity index (χ3n) is 3.36. The normalized spacial score (nSPS) is 17.4. The summed E-state index contributed by atoms with van der Waals surface area (Å²) in [7, 11) is 0. The minimum Gasteiger partial charge on any atom is -0.378 e. The van der Waals surface area contributed by atoms with E-state index in [-0.39, 0.29) is 0 Å². The number of aromatic nitrogens is 2. The van der Waals surface area contributed by atoms with Crippen molar-refractivity contribution in [3.05, 3.63) is 5.82 Å². The van der Waals surface area contributed by atoms with E-state index in [4.69, 9.17) is 10.5 Å². The van der Waals surface area contributed by atoms with Crippen molar-refractivity contribution >= 4 is 16.7 Å². The molecule has 6 heteroatoms. The van der Waals surface area contributed by atoms with Crippen molar-refractivity contribution < 1.29 is 4.74 Å². The lowest BCUT2D eigenvalue weighted by molar-refractivity contribution is 0.0366. The Morgan fingerprint density at radius 3 is 2.74 bits per heavy atom. The molecule has 0 aromatic carbocycles. The average molecular weight is 284 g/mol. The summed E-state index contributed by atoms with van der Waals surface area (Å²) >= 11 is 1.51. The van der Waals surface area contributed by atoms with Crippen molar-refractivity contribution in [1.29, 1.82) is 0 Å². The van der Waals surface area contributed by atoms with Gasteiger partial charge in [-0.2, -0.15) is 4.37 Å². The molecule has 0 spiro atoms. The molecule has 108 valence electrons. The van der Waals surface area contributed by atoms with Gasteiger partial charge in [0, 0.05) is 37.1 Å². The topological polar surface area (TPSA) is 64.3 Å². The molecule has 1 aliphatic rings. The summed E-state index contributed by atoms with van der Waals surface area (Å²) < 4.78 is 10.2. The van der Waals surface area contributed by atoms with Gasteiger partial charge in [-0.25, -0.2) is 4.98 Å². The number of nitrogens with two attached hydrogens (primary N) is 1. The zero-order chi connectivity index (χ0) is 13.7. The van der Waals surface area contributed by atoms with E-state index in [1.165, 1.54) is 11.5 Å². The van der Waals surface area contributed by atoms with E-state index in [0.29, 0.717) is 18.6 Å². The van der Waals surface area contributed by atoms with Crippen LogP contribution in [0.2, 0.25) is 0 Å². The average Bonchev–Trinajstić information content (AvgIpc) is 2.90. The van der Waals surface area contributed by atoms with Gasteiger partial charge in [-0.05, 0) is 25.8 Å². The summed E-state index contributed by atoms with van der Waals surface area (Å²) in [4.78, 5) is 6.94. The molecule has 19 heavy (non-hydrogen) atoms. The molecule has 1 fully saturated rings. The van der Waals surface area contributed by atoms with Crippen molar-refractivity contribution in [3.63, 3.8) is 0 Å². The SMILES string of the molecule is CC(C)c1nsc(N2CCC(OCCCN)CC2)n1. The maximum Gasteiger partial charge on any atom is 0.205 e. The summed E-state index contributed by atoms with van der Waals surface area (Å²) in [6.45, 7) is 7.78. The van der Waals surface area contributed by atoms with Crippen molar-refractivity contribution in [2.24, 2.45) is 5.73 Å². The molecule has 2 rings (SSSR count). The molecular formula is C13H24N4OS. The van der Waals surface area contributed by atoms with Gasteiger partial charge in [0.15, 0.2) is 0 Å². The van der Waals surface area contributed by atoms with Crippen LogP contribution in [0, 0.1) is 0 Å². The van der Waals surface area contributed by atoms with Gasteiger partial charge in [-0.3, -0.25) is 0 Å². The molecule has 2 heterocycles. The largest absolute Gasteiger partial charge is 0.378 e. The highest BCUT2D eigenvalue weighted by Crippen LogP contribution is 2.25. The molecule has 0 atom stereocenters. The van der Waals surface area contributed by atoms with E-state index in [1.54, 1.807) is 0 Å². The molecule has 0 bridgehead atoms. The molecule has 2 N–H and O–H groups in total. The second-order valence-electron chi connectivity index (χ2n) is 5.29. The minimum absolute atomic E-state index is 0.389.